The Morgan fingerprint density at radius 2 is 1.72 bits per heavy atom. The number of primary amides is 1. The van der Waals surface area contributed by atoms with E-state index >= 15 is 0 Å². The van der Waals surface area contributed by atoms with Crippen LogP contribution in [0.25, 0.3) is 11.0 Å². The second-order valence-corrected chi connectivity index (χ2v) is 15.9. The Bertz CT molecular complexity index is 1990. The Hall–Kier alpha value is -3.98. The molecule has 1 aromatic heterocycles. The molecule has 3 aromatic rings. The van der Waals surface area contributed by atoms with Crippen molar-refractivity contribution in [3.63, 3.8) is 0 Å². The van der Waals surface area contributed by atoms with Crippen LogP contribution in [0.15, 0.2) is 38.4 Å². The Labute approximate surface area is 293 Å². The zero-order chi connectivity index (χ0) is 36.1. The van der Waals surface area contributed by atoms with E-state index in [0.29, 0.717) is 37.3 Å². The molecule has 2 saturated heterocycles. The van der Waals surface area contributed by atoms with Crippen LogP contribution in [0.4, 0.5) is 11.4 Å². The first kappa shape index (κ1) is 35.8. The number of carbonyl (C=O) groups is 2. The number of benzene rings is 2. The van der Waals surface area contributed by atoms with Crippen LogP contribution in [0.3, 0.4) is 0 Å². The van der Waals surface area contributed by atoms with Crippen molar-refractivity contribution >= 4 is 44.2 Å². The van der Waals surface area contributed by atoms with Crippen LogP contribution in [-0.2, 0) is 27.7 Å². The first-order chi connectivity index (χ1) is 23.8. The van der Waals surface area contributed by atoms with E-state index < -0.39 is 33.5 Å². The summed E-state index contributed by atoms with van der Waals surface area (Å²) in [4.78, 5) is 48.4. The number of anilines is 2. The minimum Gasteiger partial charge on any atom is -0.422 e. The number of carbonyl (C=O) groups excluding carboxylic acids is 2. The fourth-order valence-corrected chi connectivity index (χ4v) is 9.31. The Balaban J connectivity index is 1.39. The summed E-state index contributed by atoms with van der Waals surface area (Å²) < 4.78 is 41.2. The third kappa shape index (κ3) is 6.27. The van der Waals surface area contributed by atoms with E-state index in [1.165, 1.54) is 28.4 Å². The molecule has 3 aliphatic heterocycles. The molecule has 0 bridgehead atoms. The number of rotatable bonds is 9. The van der Waals surface area contributed by atoms with Gasteiger partial charge in [-0.2, -0.15) is 4.31 Å². The second-order valence-electron chi connectivity index (χ2n) is 14.0. The summed E-state index contributed by atoms with van der Waals surface area (Å²) in [5.74, 6) is -1.32. The van der Waals surface area contributed by atoms with Gasteiger partial charge in [0, 0.05) is 76.1 Å². The summed E-state index contributed by atoms with van der Waals surface area (Å²) in [5, 5.41) is 0.833. The number of sulfonamides is 1. The van der Waals surface area contributed by atoms with Crippen molar-refractivity contribution in [3.05, 3.63) is 62.5 Å². The van der Waals surface area contributed by atoms with Crippen LogP contribution >= 0.6 is 0 Å². The molecule has 0 radical (unpaired) electrons. The van der Waals surface area contributed by atoms with Gasteiger partial charge in [0.2, 0.25) is 10.0 Å². The lowest BCUT2D eigenvalue weighted by molar-refractivity contribution is 0.0728. The minimum atomic E-state index is -4.26. The molecule has 2 fully saturated rings. The molecular weight excluding hydrogens is 660 g/mol. The molecule has 3 aliphatic rings. The molecule has 6 rings (SSSR count). The van der Waals surface area contributed by atoms with Crippen molar-refractivity contribution in [2.24, 2.45) is 5.73 Å². The average molecular weight is 709 g/mol. The summed E-state index contributed by atoms with van der Waals surface area (Å²) >= 11 is 0. The molecule has 2 aromatic carbocycles. The van der Waals surface area contributed by atoms with Crippen LogP contribution < -0.4 is 21.2 Å². The van der Waals surface area contributed by atoms with Gasteiger partial charge in [0.15, 0.2) is 0 Å². The molecule has 0 aliphatic carbocycles. The summed E-state index contributed by atoms with van der Waals surface area (Å²) in [5.41, 5.74) is 9.06. The lowest BCUT2D eigenvalue weighted by atomic mass is 9.95. The number of hydrogen-bond acceptors (Lipinski definition) is 10. The van der Waals surface area contributed by atoms with Crippen molar-refractivity contribution in [3.8, 4) is 0 Å². The molecular formula is C36H48N6O7S. The number of nitrogens with two attached hydrogens (primary N) is 1. The normalized spacial score (nSPS) is 18.8. The molecule has 1 unspecified atom stereocenters. The molecule has 1 atom stereocenters. The van der Waals surface area contributed by atoms with Gasteiger partial charge in [-0.25, -0.2) is 13.2 Å². The summed E-state index contributed by atoms with van der Waals surface area (Å²) in [6.07, 6.45) is 2.01. The Morgan fingerprint density at radius 3 is 2.38 bits per heavy atom. The third-order valence-electron chi connectivity index (χ3n) is 10.7. The number of likely N-dealkylation sites (N-methyl/N-ethyl adjacent to an activating group) is 1. The molecule has 13 nitrogen and oxygen atoms in total. The smallest absolute Gasteiger partial charge is 0.341 e. The lowest BCUT2D eigenvalue weighted by Gasteiger charge is -2.41. The number of piperazine rings is 1. The fourth-order valence-electron chi connectivity index (χ4n) is 7.55. The highest BCUT2D eigenvalue weighted by Crippen LogP contribution is 2.39. The predicted molar refractivity (Wildman–Crippen MR) is 193 cm³/mol. The number of hydrogen-bond donors (Lipinski definition) is 1. The van der Waals surface area contributed by atoms with E-state index in [1.54, 1.807) is 21.0 Å². The Morgan fingerprint density at radius 1 is 1.02 bits per heavy atom. The van der Waals surface area contributed by atoms with E-state index in [-0.39, 0.29) is 40.8 Å². The van der Waals surface area contributed by atoms with Crippen molar-refractivity contribution in [2.45, 2.75) is 63.6 Å². The van der Waals surface area contributed by atoms with E-state index in [4.69, 9.17) is 14.9 Å². The molecule has 0 saturated carbocycles. The standard InChI is InChI=1S/C36H48N6O7S/c1-22(2)39(5)50(46,47)33-28(10-9-27(34(37)43)31(33)40-14-7-8-15-40)35(44)42-16-13-25-26-11-12-30(23(3)32(26)49-36(45)29(25)20-42)41-18-17-38(4)24(19-41)21-48-6/h9-12,22,24H,7-8,13-21H2,1-6H3,(H2,37,43). The maximum absolute atomic E-state index is 14.4. The summed E-state index contributed by atoms with van der Waals surface area (Å²) in [6, 6.07) is 6.71. The minimum absolute atomic E-state index is 0.0411. The van der Waals surface area contributed by atoms with Crippen molar-refractivity contribution in [1.29, 1.82) is 0 Å². The molecule has 270 valence electrons. The van der Waals surface area contributed by atoms with E-state index in [1.807, 2.05) is 17.9 Å². The summed E-state index contributed by atoms with van der Waals surface area (Å²) in [7, 11) is 1.00. The molecule has 2 N–H and O–H groups in total. The van der Waals surface area contributed by atoms with Gasteiger partial charge in [0.1, 0.15) is 10.5 Å². The number of aryl methyl sites for hydroxylation is 1. The average Bonchev–Trinajstić information content (AvgIpc) is 3.63. The number of amides is 2. The van der Waals surface area contributed by atoms with Crippen LogP contribution in [-0.4, -0.2) is 114 Å². The zero-order valence-electron chi connectivity index (χ0n) is 29.8. The van der Waals surface area contributed by atoms with E-state index in [0.717, 1.165) is 54.7 Å². The van der Waals surface area contributed by atoms with Crippen molar-refractivity contribution < 1.29 is 27.2 Å². The molecule has 2 amide bonds. The number of methoxy groups -OCH3 is 1. The molecule has 50 heavy (non-hydrogen) atoms. The predicted octanol–water partition coefficient (Wildman–Crippen LogP) is 2.79. The lowest BCUT2D eigenvalue weighted by Crippen LogP contribution is -2.53. The van der Waals surface area contributed by atoms with Gasteiger partial charge in [0.25, 0.3) is 11.8 Å². The monoisotopic (exact) mass is 708 g/mol. The molecule has 14 heteroatoms. The highest BCUT2D eigenvalue weighted by atomic mass is 32.2. The second kappa shape index (κ2) is 14.0. The van der Waals surface area contributed by atoms with Crippen LogP contribution in [0, 0.1) is 6.92 Å². The SMILES string of the molecule is COCC1CN(c2ccc3c4c(c(=O)oc3c2C)CN(C(=O)c2ccc(C(N)=O)c(N3CCCC3)c2S(=O)(=O)N(C)C(C)C)CC4)CCN1C. The number of nitrogens with zero attached hydrogens (tertiary/aromatic N) is 5. The van der Waals surface area contributed by atoms with Crippen LogP contribution in [0.5, 0.6) is 0 Å². The zero-order valence-corrected chi connectivity index (χ0v) is 30.6. The van der Waals surface area contributed by atoms with Gasteiger partial charge < -0.3 is 29.6 Å². The largest absolute Gasteiger partial charge is 0.422 e. The molecule has 0 spiro atoms. The quantitative estimate of drug-likeness (QED) is 0.329. The van der Waals surface area contributed by atoms with Gasteiger partial charge in [-0.3, -0.25) is 14.5 Å². The maximum Gasteiger partial charge on any atom is 0.341 e. The van der Waals surface area contributed by atoms with E-state index in [9.17, 15) is 22.8 Å². The van der Waals surface area contributed by atoms with Gasteiger partial charge in [0.05, 0.1) is 41.6 Å². The number of ether oxygens (including phenoxy) is 1. The van der Waals surface area contributed by atoms with Crippen molar-refractivity contribution in [1.82, 2.24) is 14.1 Å². The first-order valence-electron chi connectivity index (χ1n) is 17.3. The first-order valence-corrected chi connectivity index (χ1v) is 18.7. The molecule has 4 heterocycles. The van der Waals surface area contributed by atoms with Gasteiger partial charge in [-0.15, -0.1) is 0 Å². The highest BCUT2D eigenvalue weighted by molar-refractivity contribution is 7.89. The Kier molecular flexibility index (Phi) is 10.0. The van der Waals surface area contributed by atoms with Crippen LogP contribution in [0.1, 0.15) is 64.1 Å². The van der Waals surface area contributed by atoms with E-state index in [2.05, 4.69) is 22.9 Å². The van der Waals surface area contributed by atoms with Gasteiger partial charge in [-0.1, -0.05) is 0 Å². The topological polar surface area (TPSA) is 150 Å². The fraction of sp³-hybridized carbons (Fsp3) is 0.528. The highest BCUT2D eigenvalue weighted by Gasteiger charge is 2.38. The van der Waals surface area contributed by atoms with Gasteiger partial charge >= 0.3 is 5.63 Å². The van der Waals surface area contributed by atoms with Crippen LogP contribution in [0.2, 0.25) is 0 Å². The summed E-state index contributed by atoms with van der Waals surface area (Å²) in [6.45, 7) is 9.85. The number of fused-ring (bicyclic) bond motifs is 3. The maximum atomic E-state index is 14.4. The van der Waals surface area contributed by atoms with Gasteiger partial charge in [-0.05, 0) is 76.9 Å². The van der Waals surface area contributed by atoms with Crippen molar-refractivity contribution in [2.75, 3.05) is 76.9 Å². The third-order valence-corrected chi connectivity index (χ3v) is 12.8.